The van der Waals surface area contributed by atoms with E-state index in [1.165, 1.54) is 56.9 Å². The van der Waals surface area contributed by atoms with Gasteiger partial charge in [0.1, 0.15) is 0 Å². The van der Waals surface area contributed by atoms with Crippen molar-refractivity contribution in [1.82, 2.24) is 0 Å². The third kappa shape index (κ3) is 3.50. The van der Waals surface area contributed by atoms with Crippen molar-refractivity contribution in [2.45, 2.75) is 42.4 Å². The lowest BCUT2D eigenvalue weighted by atomic mass is 9.94. The van der Waals surface area contributed by atoms with Crippen molar-refractivity contribution in [3.63, 3.8) is 0 Å². The highest BCUT2D eigenvalue weighted by molar-refractivity contribution is 7.99. The van der Waals surface area contributed by atoms with Gasteiger partial charge in [-0.2, -0.15) is 0 Å². The molecule has 3 aromatic rings. The maximum absolute atomic E-state index is 4.37. The molecule has 0 aromatic heterocycles. The Morgan fingerprint density at radius 1 is 0.885 bits per heavy atom. The monoisotopic (exact) mass is 356 g/mol. The molecule has 3 aromatic carbocycles. The van der Waals surface area contributed by atoms with Gasteiger partial charge in [0.15, 0.2) is 0 Å². The van der Waals surface area contributed by atoms with Crippen LogP contribution in [-0.2, 0) is 12.8 Å². The van der Waals surface area contributed by atoms with Crippen molar-refractivity contribution in [3.05, 3.63) is 101 Å². The van der Waals surface area contributed by atoms with E-state index < -0.39 is 0 Å². The van der Waals surface area contributed by atoms with Crippen LogP contribution in [0.1, 0.15) is 47.6 Å². The molecule has 0 atom stereocenters. The number of benzene rings is 3. The van der Waals surface area contributed by atoms with Crippen molar-refractivity contribution in [2.24, 2.45) is 0 Å². The van der Waals surface area contributed by atoms with Gasteiger partial charge in [-0.3, -0.25) is 0 Å². The molecular formula is C25H24S. The second-order valence-corrected chi connectivity index (χ2v) is 8.07. The first kappa shape index (κ1) is 17.2. The molecule has 1 heterocycles. The average Bonchev–Trinajstić information content (AvgIpc) is 2.70. The van der Waals surface area contributed by atoms with E-state index in [0.29, 0.717) is 0 Å². The highest BCUT2D eigenvalue weighted by atomic mass is 32.2. The van der Waals surface area contributed by atoms with E-state index in [4.69, 9.17) is 0 Å². The lowest BCUT2D eigenvalue weighted by Gasteiger charge is -2.20. The van der Waals surface area contributed by atoms with Crippen LogP contribution < -0.4 is 0 Å². The van der Waals surface area contributed by atoms with Crippen LogP contribution in [-0.4, -0.2) is 0 Å². The van der Waals surface area contributed by atoms with Gasteiger partial charge in [0.2, 0.25) is 0 Å². The smallest absolute Gasteiger partial charge is 0.0158 e. The Kier molecular flexibility index (Phi) is 4.99. The molecule has 0 N–H and O–H groups in total. The minimum atomic E-state index is 1.01. The summed E-state index contributed by atoms with van der Waals surface area (Å²) in [5, 5.41) is 0. The Balaban J connectivity index is 1.56. The summed E-state index contributed by atoms with van der Waals surface area (Å²) in [4.78, 5) is 2.75. The quantitative estimate of drug-likeness (QED) is 0.366. The lowest BCUT2D eigenvalue weighted by Crippen LogP contribution is -2.00. The second-order valence-electron chi connectivity index (χ2n) is 6.99. The van der Waals surface area contributed by atoms with Crippen molar-refractivity contribution >= 4 is 17.3 Å². The van der Waals surface area contributed by atoms with E-state index in [0.717, 1.165) is 12.0 Å². The molecule has 0 spiro atoms. The topological polar surface area (TPSA) is 0 Å². The number of fused-ring (bicyclic) bond motifs is 2. The molecule has 0 saturated heterocycles. The molecule has 0 nitrogen and oxygen atoms in total. The maximum atomic E-state index is 4.37. The van der Waals surface area contributed by atoms with Crippen molar-refractivity contribution in [1.29, 1.82) is 0 Å². The van der Waals surface area contributed by atoms with Gasteiger partial charge >= 0.3 is 0 Å². The van der Waals surface area contributed by atoms with Gasteiger partial charge in [0.05, 0.1) is 0 Å². The van der Waals surface area contributed by atoms with Crippen molar-refractivity contribution in [3.8, 4) is 0 Å². The third-order valence-electron chi connectivity index (χ3n) is 5.10. The molecule has 1 heteroatoms. The zero-order chi connectivity index (χ0) is 17.9. The molecule has 0 amide bonds. The van der Waals surface area contributed by atoms with Gasteiger partial charge in [0.25, 0.3) is 0 Å². The summed E-state index contributed by atoms with van der Waals surface area (Å²) in [6.45, 7) is 6.61. The van der Waals surface area contributed by atoms with Crippen LogP contribution >= 0.6 is 11.8 Å². The summed E-state index contributed by atoms with van der Waals surface area (Å²) in [6.07, 6.45) is 4.67. The van der Waals surface area contributed by atoms with Gasteiger partial charge < -0.3 is 0 Å². The minimum Gasteiger partial charge on any atom is -0.0906 e. The van der Waals surface area contributed by atoms with Gasteiger partial charge in [-0.05, 0) is 70.9 Å². The zero-order valence-electron chi connectivity index (χ0n) is 15.3. The van der Waals surface area contributed by atoms with Gasteiger partial charge in [0, 0.05) is 9.79 Å². The molecule has 4 rings (SSSR count). The molecule has 0 bridgehead atoms. The molecule has 1 aliphatic heterocycles. The fourth-order valence-electron chi connectivity index (χ4n) is 3.50. The van der Waals surface area contributed by atoms with E-state index in [2.05, 4.69) is 80.2 Å². The fraction of sp³-hybridized carbons (Fsp3) is 0.200. The fourth-order valence-corrected chi connectivity index (χ4v) is 4.55. The molecule has 0 fully saturated rings. The Morgan fingerprint density at radius 2 is 1.62 bits per heavy atom. The van der Waals surface area contributed by atoms with Crippen LogP contribution in [0.5, 0.6) is 0 Å². The van der Waals surface area contributed by atoms with E-state index in [-0.39, 0.29) is 0 Å². The number of rotatable bonds is 5. The van der Waals surface area contributed by atoms with E-state index >= 15 is 0 Å². The van der Waals surface area contributed by atoms with Crippen LogP contribution in [0.3, 0.4) is 0 Å². The van der Waals surface area contributed by atoms with E-state index in [1.54, 1.807) is 0 Å². The predicted octanol–water partition coefficient (Wildman–Crippen LogP) is 7.15. The number of unbranched alkanes of at least 4 members (excludes halogenated alkanes) is 1. The second kappa shape index (κ2) is 7.55. The minimum absolute atomic E-state index is 1.01. The highest BCUT2D eigenvalue weighted by Gasteiger charge is 2.16. The van der Waals surface area contributed by atoms with Crippen molar-refractivity contribution < 1.29 is 0 Å². The molecule has 0 aliphatic carbocycles. The first-order valence-electron chi connectivity index (χ1n) is 9.42. The number of hydrogen-bond acceptors (Lipinski definition) is 1. The summed E-state index contributed by atoms with van der Waals surface area (Å²) in [7, 11) is 0. The summed E-state index contributed by atoms with van der Waals surface area (Å²) >= 11 is 1.88. The highest BCUT2D eigenvalue weighted by Crippen LogP contribution is 2.40. The zero-order valence-corrected chi connectivity index (χ0v) is 16.1. The van der Waals surface area contributed by atoms with E-state index in [9.17, 15) is 0 Å². The average molecular weight is 357 g/mol. The van der Waals surface area contributed by atoms with Gasteiger partial charge in [-0.25, -0.2) is 0 Å². The number of hydrogen-bond donors (Lipinski definition) is 0. The normalized spacial score (nSPS) is 12.3. The third-order valence-corrected chi connectivity index (χ3v) is 6.34. The standard InChI is InChI=1S/C25H24S/c1-3-4-7-19-10-12-20(13-11-19)18(2)21-14-15-25-23(16-21)17-22-8-5-6-9-24(22)26-25/h5-6,8-16H,2-4,7,17H2,1H3. The molecule has 26 heavy (non-hydrogen) atoms. The summed E-state index contributed by atoms with van der Waals surface area (Å²) in [5.41, 5.74) is 7.81. The Hall–Kier alpha value is -2.25. The molecule has 0 radical (unpaired) electrons. The van der Waals surface area contributed by atoms with Crippen LogP contribution in [0.4, 0.5) is 0 Å². The summed E-state index contributed by atoms with van der Waals surface area (Å²) in [6, 6.07) is 24.4. The molecule has 0 unspecified atom stereocenters. The van der Waals surface area contributed by atoms with Crippen LogP contribution in [0.2, 0.25) is 0 Å². The van der Waals surface area contributed by atoms with Crippen LogP contribution in [0, 0.1) is 0 Å². The summed E-state index contributed by atoms with van der Waals surface area (Å²) < 4.78 is 0. The largest absolute Gasteiger partial charge is 0.0906 e. The molecule has 0 saturated carbocycles. The van der Waals surface area contributed by atoms with Gasteiger partial charge in [-0.1, -0.05) is 80.2 Å². The Labute approximate surface area is 161 Å². The Bertz CT molecular complexity index is 935. The molecular weight excluding hydrogens is 332 g/mol. The first-order valence-corrected chi connectivity index (χ1v) is 10.2. The SMILES string of the molecule is C=C(c1ccc(CCCC)cc1)c1ccc2c(c1)Cc1ccccc1S2. The first-order chi connectivity index (χ1) is 12.7. The Morgan fingerprint density at radius 3 is 2.42 bits per heavy atom. The summed E-state index contributed by atoms with van der Waals surface area (Å²) in [5.74, 6) is 0. The van der Waals surface area contributed by atoms with Crippen LogP contribution in [0.15, 0.2) is 83.1 Å². The molecule has 1 aliphatic rings. The molecule has 130 valence electrons. The van der Waals surface area contributed by atoms with E-state index in [1.807, 2.05) is 11.8 Å². The maximum Gasteiger partial charge on any atom is 0.0158 e. The lowest BCUT2D eigenvalue weighted by molar-refractivity contribution is 0.795. The number of aryl methyl sites for hydroxylation is 1. The predicted molar refractivity (Wildman–Crippen MR) is 113 cm³/mol. The van der Waals surface area contributed by atoms with Crippen LogP contribution in [0.25, 0.3) is 5.57 Å². The van der Waals surface area contributed by atoms with Gasteiger partial charge in [-0.15, -0.1) is 0 Å². The van der Waals surface area contributed by atoms with Crippen molar-refractivity contribution in [2.75, 3.05) is 0 Å².